The molecule has 1 amide bonds. The number of rotatable bonds is 8. The van der Waals surface area contributed by atoms with E-state index >= 15 is 0 Å². The number of amides is 1. The van der Waals surface area contributed by atoms with Crippen molar-refractivity contribution >= 4 is 27.7 Å². The molecule has 0 radical (unpaired) electrons. The zero-order chi connectivity index (χ0) is 25.0. The van der Waals surface area contributed by atoms with Gasteiger partial charge in [-0.25, -0.2) is 13.6 Å². The molecule has 0 saturated heterocycles. The Balaban J connectivity index is 1.61. The van der Waals surface area contributed by atoms with E-state index in [1.165, 1.54) is 12.1 Å². The van der Waals surface area contributed by atoms with Crippen molar-refractivity contribution in [2.45, 2.75) is 25.7 Å². The van der Waals surface area contributed by atoms with Crippen molar-refractivity contribution in [1.29, 1.82) is 0 Å². The number of hydrogen-bond donors (Lipinski definition) is 2. The molecule has 3 aromatic rings. The maximum Gasteiger partial charge on any atom is 0.325 e. The fourth-order valence-corrected chi connectivity index (χ4v) is 3.98. The van der Waals surface area contributed by atoms with Gasteiger partial charge in [0, 0.05) is 28.2 Å². The number of benzene rings is 2. The summed E-state index contributed by atoms with van der Waals surface area (Å²) in [5.41, 5.74) is 3.78. The van der Waals surface area contributed by atoms with E-state index in [-0.39, 0.29) is 11.4 Å². The van der Waals surface area contributed by atoms with Gasteiger partial charge in [-0.2, -0.15) is 0 Å². The second kappa shape index (κ2) is 10.0. The highest BCUT2D eigenvalue weighted by Crippen LogP contribution is 2.22. The number of nitrogens with two attached hydrogens (primary N) is 1. The number of ether oxygens (including phenoxy) is 1. The van der Waals surface area contributed by atoms with Crippen LogP contribution in [-0.2, 0) is 19.6 Å². The molecule has 0 aliphatic rings. The van der Waals surface area contributed by atoms with Crippen molar-refractivity contribution in [1.82, 2.24) is 9.88 Å². The molecule has 0 saturated carbocycles. The molecule has 0 fully saturated rings. The van der Waals surface area contributed by atoms with E-state index < -0.39 is 34.3 Å². The van der Waals surface area contributed by atoms with Crippen molar-refractivity contribution in [3.8, 4) is 5.69 Å². The highest BCUT2D eigenvalue weighted by molar-refractivity contribution is 7.89. The fourth-order valence-electron chi connectivity index (χ4n) is 3.46. The number of nitrogens with zero attached hydrogens (tertiary/aromatic N) is 1. The Morgan fingerprint density at radius 2 is 1.59 bits per heavy atom. The first kappa shape index (κ1) is 24.9. The van der Waals surface area contributed by atoms with Crippen molar-refractivity contribution in [3.63, 3.8) is 0 Å². The Bertz CT molecular complexity index is 1340. The minimum atomic E-state index is -3.81. The van der Waals surface area contributed by atoms with Gasteiger partial charge < -0.3 is 14.6 Å². The third-order valence-corrected chi connectivity index (χ3v) is 6.16. The number of nitrogens with one attached hydrogen (secondary N) is 1. The molecule has 34 heavy (non-hydrogen) atoms. The molecule has 0 spiro atoms. The summed E-state index contributed by atoms with van der Waals surface area (Å²) < 4.78 is 29.7. The summed E-state index contributed by atoms with van der Waals surface area (Å²) in [6.45, 7) is 4.59. The lowest BCUT2D eigenvalue weighted by atomic mass is 10.1. The summed E-state index contributed by atoms with van der Waals surface area (Å²) >= 11 is 0. The van der Waals surface area contributed by atoms with E-state index in [2.05, 4.69) is 5.32 Å². The highest BCUT2D eigenvalue weighted by Gasteiger charge is 2.19. The van der Waals surface area contributed by atoms with Crippen LogP contribution in [0, 0.1) is 20.8 Å². The van der Waals surface area contributed by atoms with Gasteiger partial charge in [0.1, 0.15) is 6.54 Å². The average molecular weight is 484 g/mol. The molecule has 0 aliphatic carbocycles. The van der Waals surface area contributed by atoms with Crippen LogP contribution in [0.4, 0.5) is 0 Å². The van der Waals surface area contributed by atoms with Crippen LogP contribution in [0.5, 0.6) is 0 Å². The first-order valence-corrected chi connectivity index (χ1v) is 11.9. The van der Waals surface area contributed by atoms with Gasteiger partial charge in [-0.15, -0.1) is 0 Å². The van der Waals surface area contributed by atoms with Crippen molar-refractivity contribution in [2.75, 3.05) is 13.2 Å². The molecule has 1 heterocycles. The number of aryl methyl sites for hydroxylation is 2. The smallest absolute Gasteiger partial charge is 0.325 e. The van der Waals surface area contributed by atoms with E-state index in [1.54, 1.807) is 60.9 Å². The van der Waals surface area contributed by atoms with Crippen LogP contribution in [0.2, 0.25) is 0 Å². The third kappa shape index (κ3) is 5.77. The van der Waals surface area contributed by atoms with Gasteiger partial charge in [-0.1, -0.05) is 17.7 Å². The van der Waals surface area contributed by atoms with Crippen molar-refractivity contribution < 1.29 is 27.5 Å². The monoisotopic (exact) mass is 483 g/mol. The van der Waals surface area contributed by atoms with Crippen LogP contribution in [0.3, 0.4) is 0 Å². The molecule has 1 aromatic heterocycles. The summed E-state index contributed by atoms with van der Waals surface area (Å²) in [4.78, 5) is 36.7. The molecule has 0 unspecified atom stereocenters. The molecular formula is C24H25N3O6S. The van der Waals surface area contributed by atoms with Gasteiger partial charge in [0.2, 0.25) is 15.8 Å². The second-order valence-electron chi connectivity index (χ2n) is 7.79. The van der Waals surface area contributed by atoms with Crippen molar-refractivity contribution in [2.24, 2.45) is 5.14 Å². The fraction of sp³-hybridized carbons (Fsp3) is 0.208. The van der Waals surface area contributed by atoms with Gasteiger partial charge in [-0.3, -0.25) is 14.4 Å². The minimum absolute atomic E-state index is 0.0172. The first-order chi connectivity index (χ1) is 16.0. The van der Waals surface area contributed by atoms with Gasteiger partial charge in [0.25, 0.3) is 5.91 Å². The molecule has 178 valence electrons. The number of aromatic nitrogens is 1. The lowest BCUT2D eigenvalue weighted by Gasteiger charge is -2.11. The van der Waals surface area contributed by atoms with E-state index in [9.17, 15) is 22.8 Å². The number of primary sulfonamides is 1. The van der Waals surface area contributed by atoms with Crippen LogP contribution in [0.25, 0.3) is 5.69 Å². The first-order valence-electron chi connectivity index (χ1n) is 10.3. The van der Waals surface area contributed by atoms with Crippen LogP contribution in [0.1, 0.15) is 37.7 Å². The zero-order valence-corrected chi connectivity index (χ0v) is 19.8. The second-order valence-corrected chi connectivity index (χ2v) is 9.35. The van der Waals surface area contributed by atoms with Crippen LogP contribution in [0.15, 0.2) is 59.5 Å². The van der Waals surface area contributed by atoms with Gasteiger partial charge >= 0.3 is 5.97 Å². The van der Waals surface area contributed by atoms with Crippen LogP contribution < -0.4 is 10.5 Å². The zero-order valence-electron chi connectivity index (χ0n) is 19.0. The molecule has 9 nitrogen and oxygen atoms in total. The SMILES string of the molecule is Cc1ccc(C(=O)NCC(=O)OCC(=O)c2cc(C)n(-c3ccc(S(N)(=O)=O)cc3)c2C)cc1. The van der Waals surface area contributed by atoms with E-state index in [0.29, 0.717) is 22.5 Å². The Hall–Kier alpha value is -3.76. The predicted octanol–water partition coefficient (Wildman–Crippen LogP) is 2.21. The predicted molar refractivity (Wildman–Crippen MR) is 125 cm³/mol. The number of Topliss-reactive ketones (excluding diaryl/α,β-unsaturated/α-hetero) is 1. The maximum atomic E-state index is 12.7. The number of ketones is 1. The topological polar surface area (TPSA) is 138 Å². The van der Waals surface area contributed by atoms with Gasteiger partial charge in [0.05, 0.1) is 4.90 Å². The van der Waals surface area contributed by atoms with Gasteiger partial charge in [-0.05, 0) is 63.2 Å². The molecule has 3 rings (SSSR count). The maximum absolute atomic E-state index is 12.7. The Morgan fingerprint density at radius 3 is 2.18 bits per heavy atom. The van der Waals surface area contributed by atoms with E-state index in [4.69, 9.17) is 9.88 Å². The lowest BCUT2D eigenvalue weighted by molar-refractivity contribution is -0.141. The Kier molecular flexibility index (Phi) is 7.33. The summed E-state index contributed by atoms with van der Waals surface area (Å²) in [6, 6.07) is 14.5. The summed E-state index contributed by atoms with van der Waals surface area (Å²) in [5.74, 6) is -1.56. The Labute approximate surface area is 197 Å². The summed E-state index contributed by atoms with van der Waals surface area (Å²) in [6.07, 6.45) is 0. The highest BCUT2D eigenvalue weighted by atomic mass is 32.2. The summed E-state index contributed by atoms with van der Waals surface area (Å²) in [7, 11) is -3.81. The molecule has 0 bridgehead atoms. The molecule has 0 atom stereocenters. The number of carbonyl (C=O) groups excluding carboxylic acids is 3. The quantitative estimate of drug-likeness (QED) is 0.372. The third-order valence-electron chi connectivity index (χ3n) is 5.23. The number of carbonyl (C=O) groups is 3. The normalized spacial score (nSPS) is 11.2. The van der Waals surface area contributed by atoms with E-state index in [0.717, 1.165) is 11.3 Å². The van der Waals surface area contributed by atoms with Crippen molar-refractivity contribution in [3.05, 3.63) is 82.7 Å². The largest absolute Gasteiger partial charge is 0.456 e. The number of esters is 1. The number of hydrogen-bond acceptors (Lipinski definition) is 6. The molecule has 0 aliphatic heterocycles. The number of sulfonamides is 1. The van der Waals surface area contributed by atoms with Crippen LogP contribution in [-0.4, -0.2) is 43.8 Å². The minimum Gasteiger partial charge on any atom is -0.456 e. The summed E-state index contributed by atoms with van der Waals surface area (Å²) in [5, 5.41) is 7.60. The Morgan fingerprint density at radius 1 is 0.971 bits per heavy atom. The molecule has 2 aromatic carbocycles. The van der Waals surface area contributed by atoms with E-state index in [1.807, 2.05) is 6.92 Å². The van der Waals surface area contributed by atoms with Crippen LogP contribution >= 0.6 is 0 Å². The standard InChI is InChI=1S/C24H25N3O6S/c1-15-4-6-18(7-5-15)24(30)26-13-23(29)33-14-22(28)21-12-16(2)27(17(21)3)19-8-10-20(11-9-19)34(25,31)32/h4-12H,13-14H2,1-3H3,(H,26,30)(H2,25,31,32). The lowest BCUT2D eigenvalue weighted by Crippen LogP contribution is -2.31. The molecular weight excluding hydrogens is 458 g/mol. The molecule has 10 heteroatoms. The van der Waals surface area contributed by atoms with Gasteiger partial charge in [0.15, 0.2) is 6.61 Å². The average Bonchev–Trinajstić information content (AvgIpc) is 3.09. The molecule has 3 N–H and O–H groups in total.